The first-order chi connectivity index (χ1) is 12.6. The Balaban J connectivity index is 1.51. The van der Waals surface area contributed by atoms with Crippen LogP contribution in [0.5, 0.6) is 5.75 Å². The molecule has 26 heavy (non-hydrogen) atoms. The van der Waals surface area contributed by atoms with Crippen LogP contribution in [0.1, 0.15) is 10.4 Å². The third-order valence-electron chi connectivity index (χ3n) is 3.61. The minimum Gasteiger partial charge on any atom is -0.497 e. The number of carbonyl (C=O) groups excluding carboxylic acids is 1. The molecule has 7 heteroatoms. The third-order valence-corrected chi connectivity index (χ3v) is 4.78. The largest absolute Gasteiger partial charge is 0.497 e. The predicted molar refractivity (Wildman–Crippen MR) is 106 cm³/mol. The first-order valence-corrected chi connectivity index (χ1v) is 9.19. The monoisotopic (exact) mass is 387 g/mol. The predicted octanol–water partition coefficient (Wildman–Crippen LogP) is 4.45. The van der Waals surface area contributed by atoms with Gasteiger partial charge in [-0.25, -0.2) is 4.98 Å². The maximum absolute atomic E-state index is 12.1. The summed E-state index contributed by atoms with van der Waals surface area (Å²) in [5.41, 5.74) is 1.97. The summed E-state index contributed by atoms with van der Waals surface area (Å²) < 4.78 is 5.16. The average molecular weight is 388 g/mol. The van der Waals surface area contributed by atoms with Crippen molar-refractivity contribution in [1.82, 2.24) is 4.98 Å². The number of hydrogen-bond acceptors (Lipinski definition) is 5. The number of anilines is 2. The number of methoxy groups -OCH3 is 1. The molecule has 0 atom stereocenters. The number of benzene rings is 2. The van der Waals surface area contributed by atoms with Gasteiger partial charge in [-0.3, -0.25) is 4.79 Å². The van der Waals surface area contributed by atoms with Gasteiger partial charge in [0.15, 0.2) is 5.13 Å². The van der Waals surface area contributed by atoms with Crippen molar-refractivity contribution in [2.75, 3.05) is 24.3 Å². The zero-order valence-corrected chi connectivity index (χ0v) is 15.7. The first-order valence-electron chi connectivity index (χ1n) is 7.99. The number of hydrogen-bond donors (Lipinski definition) is 2. The molecule has 1 aromatic heterocycles. The fourth-order valence-corrected chi connectivity index (χ4v) is 3.32. The van der Waals surface area contributed by atoms with Crippen LogP contribution >= 0.6 is 22.9 Å². The summed E-state index contributed by atoms with van der Waals surface area (Å²) in [6.07, 6.45) is 2.54. The molecule has 5 nitrogen and oxygen atoms in total. The van der Waals surface area contributed by atoms with Crippen LogP contribution in [-0.2, 0) is 11.2 Å². The molecule has 0 bridgehead atoms. The standard InChI is InChI=1S/C19H18ClN3O2S/c1-25-16-4-2-3-15(10-16)21-12-18(24)23-19-22-11-17(26-19)9-13-5-7-14(20)8-6-13/h2-8,10-11,21H,9,12H2,1H3,(H,22,23,24). The van der Waals surface area contributed by atoms with Gasteiger partial charge in [0.25, 0.3) is 0 Å². The van der Waals surface area contributed by atoms with Crippen LogP contribution in [0.15, 0.2) is 54.7 Å². The van der Waals surface area contributed by atoms with Gasteiger partial charge in [0, 0.05) is 34.3 Å². The summed E-state index contributed by atoms with van der Waals surface area (Å²) in [6, 6.07) is 15.1. The van der Waals surface area contributed by atoms with Gasteiger partial charge in [0.05, 0.1) is 13.7 Å². The van der Waals surface area contributed by atoms with Crippen molar-refractivity contribution in [2.24, 2.45) is 0 Å². The van der Waals surface area contributed by atoms with Crippen molar-refractivity contribution >= 4 is 39.7 Å². The van der Waals surface area contributed by atoms with E-state index in [0.29, 0.717) is 5.13 Å². The number of halogens is 1. The SMILES string of the molecule is COc1cccc(NCC(=O)Nc2ncc(Cc3ccc(Cl)cc3)s2)c1. The van der Waals surface area contributed by atoms with Crippen molar-refractivity contribution in [3.05, 3.63) is 70.2 Å². The Bertz CT molecular complexity index is 881. The molecule has 0 fully saturated rings. The second kappa shape index (κ2) is 8.69. The lowest BCUT2D eigenvalue weighted by molar-refractivity contribution is -0.114. The summed E-state index contributed by atoms with van der Waals surface area (Å²) >= 11 is 7.36. The smallest absolute Gasteiger partial charge is 0.245 e. The Morgan fingerprint density at radius 1 is 1.23 bits per heavy atom. The summed E-state index contributed by atoms with van der Waals surface area (Å²) in [5, 5.41) is 7.18. The molecule has 0 saturated heterocycles. The van der Waals surface area contributed by atoms with Gasteiger partial charge in [-0.2, -0.15) is 0 Å². The van der Waals surface area contributed by atoms with Crippen molar-refractivity contribution in [1.29, 1.82) is 0 Å². The molecule has 0 aliphatic heterocycles. The molecular weight excluding hydrogens is 370 g/mol. The molecule has 2 aromatic carbocycles. The quantitative estimate of drug-likeness (QED) is 0.628. The van der Waals surface area contributed by atoms with Crippen LogP contribution in [0, 0.1) is 0 Å². The highest BCUT2D eigenvalue weighted by molar-refractivity contribution is 7.15. The maximum Gasteiger partial charge on any atom is 0.245 e. The van der Waals surface area contributed by atoms with Crippen LogP contribution in [0.2, 0.25) is 5.02 Å². The highest BCUT2D eigenvalue weighted by Gasteiger charge is 2.08. The number of aromatic nitrogens is 1. The summed E-state index contributed by atoms with van der Waals surface area (Å²) in [5.74, 6) is 0.586. The molecule has 134 valence electrons. The minimum atomic E-state index is -0.153. The zero-order chi connectivity index (χ0) is 18.4. The van der Waals surface area contributed by atoms with E-state index in [4.69, 9.17) is 16.3 Å². The van der Waals surface area contributed by atoms with E-state index in [1.165, 1.54) is 11.3 Å². The molecule has 1 heterocycles. The van der Waals surface area contributed by atoms with Crippen molar-refractivity contribution in [3.8, 4) is 5.75 Å². The van der Waals surface area contributed by atoms with Crippen LogP contribution in [0.4, 0.5) is 10.8 Å². The number of nitrogens with one attached hydrogen (secondary N) is 2. The van der Waals surface area contributed by atoms with E-state index in [9.17, 15) is 4.79 Å². The van der Waals surface area contributed by atoms with E-state index in [-0.39, 0.29) is 12.5 Å². The molecule has 3 aromatic rings. The fraction of sp³-hybridized carbons (Fsp3) is 0.158. The van der Waals surface area contributed by atoms with Crippen LogP contribution in [-0.4, -0.2) is 24.5 Å². The van der Waals surface area contributed by atoms with E-state index in [0.717, 1.165) is 33.3 Å². The van der Waals surface area contributed by atoms with Crippen molar-refractivity contribution < 1.29 is 9.53 Å². The average Bonchev–Trinajstić information content (AvgIpc) is 3.09. The van der Waals surface area contributed by atoms with Gasteiger partial charge < -0.3 is 15.4 Å². The molecular formula is C19H18ClN3O2S. The van der Waals surface area contributed by atoms with Gasteiger partial charge >= 0.3 is 0 Å². The van der Waals surface area contributed by atoms with Gasteiger partial charge in [-0.1, -0.05) is 29.8 Å². The lowest BCUT2D eigenvalue weighted by atomic mass is 10.1. The first kappa shape index (κ1) is 18.2. The summed E-state index contributed by atoms with van der Waals surface area (Å²) in [7, 11) is 1.61. The topological polar surface area (TPSA) is 63.2 Å². The van der Waals surface area contributed by atoms with Crippen LogP contribution in [0.25, 0.3) is 0 Å². The van der Waals surface area contributed by atoms with Gasteiger partial charge in [0.2, 0.25) is 5.91 Å². The minimum absolute atomic E-state index is 0.152. The molecule has 0 radical (unpaired) electrons. The molecule has 1 amide bonds. The zero-order valence-electron chi connectivity index (χ0n) is 14.2. The number of rotatable bonds is 7. The number of amides is 1. The Hall–Kier alpha value is -2.57. The Morgan fingerprint density at radius 3 is 2.81 bits per heavy atom. The Morgan fingerprint density at radius 2 is 2.04 bits per heavy atom. The number of carbonyl (C=O) groups is 1. The Kier molecular flexibility index (Phi) is 6.09. The van der Waals surface area contributed by atoms with E-state index < -0.39 is 0 Å². The molecule has 0 saturated carbocycles. The number of ether oxygens (including phenoxy) is 1. The number of nitrogens with zero attached hydrogens (tertiary/aromatic N) is 1. The van der Waals surface area contributed by atoms with E-state index in [1.807, 2.05) is 48.5 Å². The lowest BCUT2D eigenvalue weighted by Gasteiger charge is -2.07. The molecule has 0 spiro atoms. The van der Waals surface area contributed by atoms with Gasteiger partial charge in [-0.15, -0.1) is 11.3 Å². The maximum atomic E-state index is 12.1. The van der Waals surface area contributed by atoms with Crippen molar-refractivity contribution in [3.63, 3.8) is 0 Å². The van der Waals surface area contributed by atoms with Crippen molar-refractivity contribution in [2.45, 2.75) is 6.42 Å². The highest BCUT2D eigenvalue weighted by Crippen LogP contribution is 2.22. The van der Waals surface area contributed by atoms with E-state index >= 15 is 0 Å². The van der Waals surface area contributed by atoms with Crippen LogP contribution < -0.4 is 15.4 Å². The van der Waals surface area contributed by atoms with E-state index in [1.54, 1.807) is 13.3 Å². The fourth-order valence-electron chi connectivity index (χ4n) is 2.33. The molecule has 0 aliphatic rings. The van der Waals surface area contributed by atoms with Crippen LogP contribution in [0.3, 0.4) is 0 Å². The highest BCUT2D eigenvalue weighted by atomic mass is 35.5. The van der Waals surface area contributed by atoms with E-state index in [2.05, 4.69) is 15.6 Å². The molecule has 2 N–H and O–H groups in total. The third kappa shape index (κ3) is 5.21. The molecule has 3 rings (SSSR count). The summed E-state index contributed by atoms with van der Waals surface area (Å²) in [6.45, 7) is 0.152. The normalized spacial score (nSPS) is 10.4. The Labute approximate surface area is 161 Å². The second-order valence-electron chi connectivity index (χ2n) is 5.57. The molecule has 0 unspecified atom stereocenters. The van der Waals surface area contributed by atoms with Gasteiger partial charge in [-0.05, 0) is 29.8 Å². The lowest BCUT2D eigenvalue weighted by Crippen LogP contribution is -2.21. The van der Waals surface area contributed by atoms with Gasteiger partial charge in [0.1, 0.15) is 5.75 Å². The summed E-state index contributed by atoms with van der Waals surface area (Å²) in [4.78, 5) is 17.4. The molecule has 0 aliphatic carbocycles. The second-order valence-corrected chi connectivity index (χ2v) is 7.12. The number of thiazole rings is 1.